The van der Waals surface area contributed by atoms with Crippen LogP contribution in [0.2, 0.25) is 13.1 Å². The zero-order valence-corrected chi connectivity index (χ0v) is 24.7. The molecule has 0 fully saturated rings. The van der Waals surface area contributed by atoms with Crippen molar-refractivity contribution in [2.45, 2.75) is 112 Å². The van der Waals surface area contributed by atoms with E-state index in [2.05, 4.69) is 77.3 Å². The molecule has 0 saturated heterocycles. The van der Waals surface area contributed by atoms with Crippen molar-refractivity contribution in [1.82, 2.24) is 4.48 Å². The molecule has 0 aromatic carbocycles. The van der Waals surface area contributed by atoms with Gasteiger partial charge in [-0.25, -0.2) is 0 Å². The van der Waals surface area contributed by atoms with Gasteiger partial charge in [0.25, 0.3) is 0 Å². The maximum Gasteiger partial charge on any atom is 0.188 e. The number of hydrogen-bond donors (Lipinski definition) is 0. The summed E-state index contributed by atoms with van der Waals surface area (Å²) in [6, 6.07) is 4.86. The Hall–Kier alpha value is -0.353. The molecule has 0 atom stereocenters. The van der Waals surface area contributed by atoms with Crippen LogP contribution >= 0.6 is 11.3 Å². The van der Waals surface area contributed by atoms with Crippen molar-refractivity contribution in [3.05, 3.63) is 33.5 Å². The highest BCUT2D eigenvalue weighted by molar-refractivity contribution is 7.17. The second-order valence-corrected chi connectivity index (χ2v) is 16.2. The van der Waals surface area contributed by atoms with Crippen molar-refractivity contribution in [1.29, 1.82) is 0 Å². The van der Waals surface area contributed by atoms with Crippen molar-refractivity contribution in [3.8, 4) is 0 Å². The van der Waals surface area contributed by atoms with Crippen LogP contribution < -0.4 is 16.9 Å². The van der Waals surface area contributed by atoms with Crippen LogP contribution in [0.4, 0.5) is 5.00 Å². The molecule has 2 rings (SSSR count). The van der Waals surface area contributed by atoms with Crippen molar-refractivity contribution in [3.63, 3.8) is 0 Å². The molecule has 0 N–H and O–H groups in total. The summed E-state index contributed by atoms with van der Waals surface area (Å²) in [7, 11) is -1.35. The molecule has 1 aliphatic heterocycles. The number of rotatable bonds is 15. The number of thiophene rings is 1. The predicted molar refractivity (Wildman–Crippen MR) is 148 cm³/mol. The van der Waals surface area contributed by atoms with Gasteiger partial charge in [-0.1, -0.05) is 99.2 Å². The highest BCUT2D eigenvalue weighted by atomic mass is 35.5. The van der Waals surface area contributed by atoms with Crippen LogP contribution in [0.25, 0.3) is 5.57 Å². The van der Waals surface area contributed by atoms with Gasteiger partial charge in [-0.2, -0.15) is 0 Å². The molecule has 184 valence electrons. The summed E-state index contributed by atoms with van der Waals surface area (Å²) >= 11 is 2.07. The lowest BCUT2D eigenvalue weighted by molar-refractivity contribution is -0.00000679. The van der Waals surface area contributed by atoms with E-state index in [9.17, 15) is 0 Å². The first kappa shape index (κ1) is 29.7. The van der Waals surface area contributed by atoms with Crippen molar-refractivity contribution in [2.24, 2.45) is 0 Å². The Labute approximate surface area is 211 Å². The molecule has 1 nitrogen and oxygen atoms in total. The summed E-state index contributed by atoms with van der Waals surface area (Å²) in [5.41, 5.74) is 1.54. The SMILES string of the molecule is CCCCCCCCCCCC[N+](CC)(CC)c1ccc(C2=C(C)[Si](C)(C)C(C)=C2)s1.[Cl-]. The van der Waals surface area contributed by atoms with Crippen LogP contribution in [-0.2, 0) is 0 Å². The van der Waals surface area contributed by atoms with E-state index in [1.54, 1.807) is 15.4 Å². The molecule has 0 amide bonds. The molecular formula is C28H50ClNSSi. The van der Waals surface area contributed by atoms with Gasteiger partial charge in [-0.3, -0.25) is 4.48 Å². The highest BCUT2D eigenvalue weighted by Gasteiger charge is 2.34. The fourth-order valence-electron chi connectivity index (χ4n) is 4.98. The van der Waals surface area contributed by atoms with E-state index in [-0.39, 0.29) is 12.4 Å². The second kappa shape index (κ2) is 14.1. The van der Waals surface area contributed by atoms with E-state index >= 15 is 0 Å². The molecule has 1 aromatic rings. The summed E-state index contributed by atoms with van der Waals surface area (Å²) < 4.78 is 1.16. The fraction of sp³-hybridized carbons (Fsp3) is 0.714. The minimum absolute atomic E-state index is 0. The number of nitrogens with zero attached hydrogens (tertiary/aromatic N) is 1. The Kier molecular flexibility index (Phi) is 13.1. The number of hydrogen-bond acceptors (Lipinski definition) is 1. The monoisotopic (exact) mass is 495 g/mol. The van der Waals surface area contributed by atoms with E-state index in [1.807, 2.05) is 0 Å². The predicted octanol–water partition coefficient (Wildman–Crippen LogP) is 6.54. The molecule has 0 aliphatic carbocycles. The summed E-state index contributed by atoms with van der Waals surface area (Å²) in [6.45, 7) is 20.5. The molecule has 4 heteroatoms. The molecule has 0 spiro atoms. The van der Waals surface area contributed by atoms with Gasteiger partial charge in [0.2, 0.25) is 0 Å². The number of halogens is 1. The number of allylic oxidation sites excluding steroid dienone is 4. The van der Waals surface area contributed by atoms with E-state index in [1.165, 1.54) is 94.3 Å². The number of quaternary nitrogens is 1. The number of unbranched alkanes of at least 4 members (excludes halogenated alkanes) is 9. The molecule has 1 aliphatic rings. The third-order valence-corrected chi connectivity index (χ3v) is 13.7. The van der Waals surface area contributed by atoms with Crippen molar-refractivity contribution < 1.29 is 12.4 Å². The van der Waals surface area contributed by atoms with Crippen molar-refractivity contribution in [2.75, 3.05) is 19.6 Å². The minimum Gasteiger partial charge on any atom is -1.00 e. The lowest BCUT2D eigenvalue weighted by Gasteiger charge is -2.35. The van der Waals surface area contributed by atoms with E-state index in [0.29, 0.717) is 0 Å². The van der Waals surface area contributed by atoms with Gasteiger partial charge in [0.1, 0.15) is 8.07 Å². The average molecular weight is 496 g/mol. The first-order valence-corrected chi connectivity index (χ1v) is 17.0. The van der Waals surface area contributed by atoms with Gasteiger partial charge in [0, 0.05) is 10.9 Å². The largest absolute Gasteiger partial charge is 1.00 e. The average Bonchev–Trinajstić information content (AvgIpc) is 3.32. The normalized spacial score (nSPS) is 15.8. The van der Waals surface area contributed by atoms with Crippen LogP contribution in [0, 0.1) is 0 Å². The molecule has 0 unspecified atom stereocenters. The first-order chi connectivity index (χ1) is 14.8. The maximum atomic E-state index is 2.50. The molecule has 32 heavy (non-hydrogen) atoms. The van der Waals surface area contributed by atoms with Gasteiger partial charge in [0.05, 0.1) is 19.6 Å². The van der Waals surface area contributed by atoms with Gasteiger partial charge in [0.15, 0.2) is 5.00 Å². The Bertz CT molecular complexity index is 742. The van der Waals surface area contributed by atoms with Gasteiger partial charge in [-0.15, -0.1) is 0 Å². The minimum atomic E-state index is -1.35. The fourth-order valence-corrected chi connectivity index (χ4v) is 8.41. The van der Waals surface area contributed by atoms with Crippen LogP contribution in [0.15, 0.2) is 28.6 Å². The zero-order valence-electron chi connectivity index (χ0n) is 22.2. The maximum absolute atomic E-state index is 2.50. The third-order valence-electron chi connectivity index (χ3n) is 8.16. The Morgan fingerprint density at radius 3 is 1.78 bits per heavy atom. The Morgan fingerprint density at radius 1 is 0.781 bits per heavy atom. The molecule has 2 heterocycles. The lowest BCUT2D eigenvalue weighted by atomic mass is 10.1. The quantitative estimate of drug-likeness (QED) is 0.147. The molecule has 0 saturated carbocycles. The third kappa shape index (κ3) is 7.32. The lowest BCUT2D eigenvalue weighted by Crippen LogP contribution is -3.00. The van der Waals surface area contributed by atoms with Gasteiger partial charge in [-0.05, 0) is 52.2 Å². The first-order valence-electron chi connectivity index (χ1n) is 13.2. The standard InChI is InChI=1S/C28H50NSSi.ClH/c1-8-11-12-13-14-15-16-17-18-19-22-29(9-2,10-3)28-21-20-27(30-28)26-23-24(4)31(6,7)25(26)5;/h20-21,23H,8-19,22H2,1-7H3;1H/q+1;/p-1. The van der Waals surface area contributed by atoms with E-state index < -0.39 is 8.07 Å². The van der Waals surface area contributed by atoms with Gasteiger partial charge >= 0.3 is 0 Å². The Balaban J connectivity index is 0.00000512. The Morgan fingerprint density at radius 2 is 1.31 bits per heavy atom. The van der Waals surface area contributed by atoms with Crippen LogP contribution in [0.5, 0.6) is 0 Å². The van der Waals surface area contributed by atoms with E-state index in [0.717, 1.165) is 4.48 Å². The van der Waals surface area contributed by atoms with Crippen LogP contribution in [0.1, 0.15) is 104 Å². The molecule has 0 radical (unpaired) electrons. The summed E-state index contributed by atoms with van der Waals surface area (Å²) in [5.74, 6) is 0. The van der Waals surface area contributed by atoms with Crippen LogP contribution in [-0.4, -0.2) is 27.7 Å². The van der Waals surface area contributed by atoms with Crippen molar-refractivity contribution >= 4 is 30.0 Å². The van der Waals surface area contributed by atoms with Gasteiger partial charge < -0.3 is 12.4 Å². The zero-order chi connectivity index (χ0) is 22.9. The molecule has 1 aromatic heterocycles. The smallest absolute Gasteiger partial charge is 0.188 e. The summed E-state index contributed by atoms with van der Waals surface area (Å²) in [4.78, 5) is 1.50. The van der Waals surface area contributed by atoms with Crippen LogP contribution in [0.3, 0.4) is 0 Å². The topological polar surface area (TPSA) is 0 Å². The molecule has 0 bridgehead atoms. The highest BCUT2D eigenvalue weighted by Crippen LogP contribution is 2.43. The summed E-state index contributed by atoms with van der Waals surface area (Å²) in [5, 5.41) is 4.87. The van der Waals surface area contributed by atoms with E-state index in [4.69, 9.17) is 0 Å². The summed E-state index contributed by atoms with van der Waals surface area (Å²) in [6.07, 6.45) is 16.7. The second-order valence-electron chi connectivity index (χ2n) is 10.3. The molecular weight excluding hydrogens is 446 g/mol.